The predicted molar refractivity (Wildman–Crippen MR) is 117 cm³/mol. The van der Waals surface area contributed by atoms with E-state index in [0.29, 0.717) is 13.2 Å². The molecule has 1 atom stereocenters. The molecular weight excluding hydrogens is 384 g/mol. The van der Waals surface area contributed by atoms with Gasteiger partial charge in [-0.05, 0) is 18.5 Å². The summed E-state index contributed by atoms with van der Waals surface area (Å²) in [6, 6.07) is 3.31. The van der Waals surface area contributed by atoms with Crippen LogP contribution in [0.4, 0.5) is 0 Å². The van der Waals surface area contributed by atoms with Crippen molar-refractivity contribution in [2.45, 2.75) is 58.2 Å². The maximum Gasteiger partial charge on any atom is 0.145 e. The van der Waals surface area contributed by atoms with Gasteiger partial charge in [-0.25, -0.2) is 9.97 Å². The summed E-state index contributed by atoms with van der Waals surface area (Å²) in [5.74, 6) is 0. The Morgan fingerprint density at radius 1 is 1.31 bits per heavy atom. The van der Waals surface area contributed by atoms with E-state index in [1.165, 1.54) is 6.21 Å². The van der Waals surface area contributed by atoms with E-state index in [2.05, 4.69) is 46.8 Å². The molecule has 3 rings (SSSR count). The van der Waals surface area contributed by atoms with Crippen LogP contribution in [-0.2, 0) is 11.5 Å². The Morgan fingerprint density at radius 3 is 2.86 bits per heavy atom. The molecule has 0 saturated carbocycles. The van der Waals surface area contributed by atoms with Gasteiger partial charge >= 0.3 is 0 Å². The molecule has 1 unspecified atom stereocenters. The van der Waals surface area contributed by atoms with Crippen LogP contribution >= 0.6 is 0 Å². The van der Waals surface area contributed by atoms with Crippen molar-refractivity contribution >= 4 is 25.3 Å². The molecule has 3 aromatic heterocycles. The van der Waals surface area contributed by atoms with Crippen LogP contribution in [0.5, 0.6) is 0 Å². The fourth-order valence-corrected chi connectivity index (χ4v) is 3.93. The summed E-state index contributed by atoms with van der Waals surface area (Å²) in [4.78, 5) is 8.96. The zero-order valence-electron chi connectivity index (χ0n) is 17.6. The Hall–Kier alpha value is -2.52. The Labute approximate surface area is 172 Å². The van der Waals surface area contributed by atoms with Crippen molar-refractivity contribution in [1.82, 2.24) is 24.3 Å². The van der Waals surface area contributed by atoms with E-state index in [0.717, 1.165) is 41.4 Å². The van der Waals surface area contributed by atoms with Crippen LogP contribution in [0, 0.1) is 0 Å². The van der Waals surface area contributed by atoms with Gasteiger partial charge in [-0.3, -0.25) is 4.68 Å². The molecule has 3 heterocycles. The van der Waals surface area contributed by atoms with Gasteiger partial charge in [0, 0.05) is 50.7 Å². The first-order valence-electron chi connectivity index (χ1n) is 10.0. The number of ether oxygens (including phenoxy) is 1. The average molecular weight is 415 g/mol. The molecule has 9 heteroatoms. The largest absolute Gasteiger partial charge is 0.411 e. The summed E-state index contributed by atoms with van der Waals surface area (Å²) in [6.45, 7) is 10.4. The van der Waals surface area contributed by atoms with Crippen LogP contribution in [-0.4, -0.2) is 50.4 Å². The Balaban J connectivity index is 1.78. The molecule has 0 spiro atoms. The molecule has 0 saturated heterocycles. The van der Waals surface area contributed by atoms with Gasteiger partial charge in [0.05, 0.1) is 17.9 Å². The molecule has 8 nitrogen and oxygen atoms in total. The Bertz CT molecular complexity index is 959. The van der Waals surface area contributed by atoms with Crippen LogP contribution in [0.15, 0.2) is 36.1 Å². The average Bonchev–Trinajstić information content (AvgIpc) is 3.32. The maximum atomic E-state index is 8.69. The Kier molecular flexibility index (Phi) is 6.81. The molecular formula is C20H30N6O2Si. The molecule has 0 amide bonds. The van der Waals surface area contributed by atoms with Crippen LogP contribution in [0.1, 0.15) is 25.8 Å². The van der Waals surface area contributed by atoms with E-state index in [4.69, 9.17) is 9.94 Å². The standard InChI is InChI=1S/C20H30N6O2Si/c1-5-17(6-8-24-27)26-13-16(12-23-26)19-18-7-9-25(20(18)22-14-21-19)15-28-10-11-29(2,3)4/h7-9,12-14,17,27H,5-6,10-11,15H2,1-4H3. The number of nitrogens with zero attached hydrogens (tertiary/aromatic N) is 6. The normalized spacial score (nSPS) is 13.5. The minimum absolute atomic E-state index is 0.140. The molecule has 0 aliphatic rings. The molecule has 156 valence electrons. The van der Waals surface area contributed by atoms with Gasteiger partial charge in [0.25, 0.3) is 0 Å². The van der Waals surface area contributed by atoms with Gasteiger partial charge in [-0.1, -0.05) is 26.6 Å². The lowest BCUT2D eigenvalue weighted by atomic mass is 10.1. The number of rotatable bonds is 10. The predicted octanol–water partition coefficient (Wildman–Crippen LogP) is 4.41. The van der Waals surface area contributed by atoms with Crippen LogP contribution in [0.25, 0.3) is 22.3 Å². The summed E-state index contributed by atoms with van der Waals surface area (Å²) < 4.78 is 9.80. The highest BCUT2D eigenvalue weighted by atomic mass is 28.3. The topological polar surface area (TPSA) is 90.4 Å². The zero-order valence-corrected chi connectivity index (χ0v) is 18.6. The fraction of sp³-hybridized carbons (Fsp3) is 0.500. The van der Waals surface area contributed by atoms with Gasteiger partial charge in [-0.2, -0.15) is 5.10 Å². The minimum atomic E-state index is -1.10. The van der Waals surface area contributed by atoms with Gasteiger partial charge < -0.3 is 14.5 Å². The Morgan fingerprint density at radius 2 is 2.14 bits per heavy atom. The second kappa shape index (κ2) is 9.32. The van der Waals surface area contributed by atoms with E-state index in [9.17, 15) is 0 Å². The highest BCUT2D eigenvalue weighted by Crippen LogP contribution is 2.27. The molecule has 29 heavy (non-hydrogen) atoms. The molecule has 0 aliphatic heterocycles. The van der Waals surface area contributed by atoms with Crippen LogP contribution in [0.2, 0.25) is 25.7 Å². The van der Waals surface area contributed by atoms with Crippen molar-refractivity contribution < 1.29 is 9.94 Å². The molecule has 0 fully saturated rings. The number of oxime groups is 1. The third-order valence-electron chi connectivity index (χ3n) is 4.96. The maximum absolute atomic E-state index is 8.69. The summed E-state index contributed by atoms with van der Waals surface area (Å²) in [5.41, 5.74) is 2.65. The molecule has 0 bridgehead atoms. The molecule has 0 aromatic carbocycles. The zero-order chi connectivity index (χ0) is 20.9. The van der Waals surface area contributed by atoms with Crippen molar-refractivity contribution in [1.29, 1.82) is 0 Å². The third kappa shape index (κ3) is 5.30. The van der Waals surface area contributed by atoms with Crippen LogP contribution in [0.3, 0.4) is 0 Å². The quantitative estimate of drug-likeness (QED) is 0.174. The number of fused-ring (bicyclic) bond motifs is 1. The highest BCUT2D eigenvalue weighted by molar-refractivity contribution is 6.76. The number of aromatic nitrogens is 5. The lowest BCUT2D eigenvalue weighted by Crippen LogP contribution is -2.22. The summed E-state index contributed by atoms with van der Waals surface area (Å²) in [7, 11) is -1.10. The second-order valence-corrected chi connectivity index (χ2v) is 14.0. The van der Waals surface area contributed by atoms with E-state index in [1.54, 1.807) is 6.33 Å². The number of hydrogen-bond acceptors (Lipinski definition) is 6. The van der Waals surface area contributed by atoms with Gasteiger partial charge in [0.1, 0.15) is 18.7 Å². The van der Waals surface area contributed by atoms with Gasteiger partial charge in [0.15, 0.2) is 0 Å². The first-order valence-corrected chi connectivity index (χ1v) is 13.7. The van der Waals surface area contributed by atoms with Crippen molar-refractivity contribution in [2.24, 2.45) is 5.16 Å². The van der Waals surface area contributed by atoms with Crippen LogP contribution < -0.4 is 0 Å². The summed E-state index contributed by atoms with van der Waals surface area (Å²) in [5, 5.41) is 17.3. The van der Waals surface area contributed by atoms with Crippen molar-refractivity contribution in [3.8, 4) is 11.3 Å². The molecule has 1 N–H and O–H groups in total. The lowest BCUT2D eigenvalue weighted by molar-refractivity contribution is 0.0899. The van der Waals surface area contributed by atoms with E-state index >= 15 is 0 Å². The third-order valence-corrected chi connectivity index (χ3v) is 6.67. The van der Waals surface area contributed by atoms with E-state index < -0.39 is 8.07 Å². The minimum Gasteiger partial charge on any atom is -0.411 e. The first kappa shape index (κ1) is 21.2. The summed E-state index contributed by atoms with van der Waals surface area (Å²) >= 11 is 0. The molecule has 0 radical (unpaired) electrons. The smallest absolute Gasteiger partial charge is 0.145 e. The lowest BCUT2D eigenvalue weighted by Gasteiger charge is -2.15. The van der Waals surface area contributed by atoms with Crippen molar-refractivity contribution in [2.75, 3.05) is 6.61 Å². The van der Waals surface area contributed by atoms with Gasteiger partial charge in [0.2, 0.25) is 0 Å². The van der Waals surface area contributed by atoms with Crippen molar-refractivity contribution in [3.63, 3.8) is 0 Å². The fourth-order valence-electron chi connectivity index (χ4n) is 3.17. The summed E-state index contributed by atoms with van der Waals surface area (Å²) in [6.07, 6.45) is 10.4. The number of hydrogen-bond donors (Lipinski definition) is 1. The molecule has 3 aromatic rings. The first-order chi connectivity index (χ1) is 13.9. The van der Waals surface area contributed by atoms with Crippen molar-refractivity contribution in [3.05, 3.63) is 31.0 Å². The monoisotopic (exact) mass is 414 g/mol. The van der Waals surface area contributed by atoms with E-state index in [-0.39, 0.29) is 6.04 Å². The second-order valence-electron chi connectivity index (χ2n) is 8.40. The molecule has 0 aliphatic carbocycles. The SMILES string of the molecule is CCC(CC=NO)n1cc(-c2ncnc3c2ccn3COCC[Si](C)(C)C)cn1. The van der Waals surface area contributed by atoms with E-state index in [1.807, 2.05) is 33.9 Å². The highest BCUT2D eigenvalue weighted by Gasteiger charge is 2.15. The van der Waals surface area contributed by atoms with Gasteiger partial charge in [-0.15, -0.1) is 5.16 Å².